The van der Waals surface area contributed by atoms with Gasteiger partial charge < -0.3 is 14.8 Å². The molecule has 5 heteroatoms. The molecule has 0 atom stereocenters. The van der Waals surface area contributed by atoms with Crippen LogP contribution in [-0.2, 0) is 17.8 Å². The summed E-state index contributed by atoms with van der Waals surface area (Å²) in [6.07, 6.45) is 0.154. The molecule has 1 N–H and O–H groups in total. The first kappa shape index (κ1) is 17.8. The van der Waals surface area contributed by atoms with E-state index >= 15 is 0 Å². The molecule has 0 aliphatic rings. The van der Waals surface area contributed by atoms with Crippen molar-refractivity contribution < 1.29 is 18.7 Å². The van der Waals surface area contributed by atoms with Crippen LogP contribution in [0.1, 0.15) is 25.0 Å². The summed E-state index contributed by atoms with van der Waals surface area (Å²) in [6, 6.07) is 12.0. The van der Waals surface area contributed by atoms with Gasteiger partial charge in [-0.1, -0.05) is 18.2 Å². The van der Waals surface area contributed by atoms with E-state index < -0.39 is 5.82 Å². The number of benzene rings is 2. The second kappa shape index (κ2) is 8.34. The Balaban J connectivity index is 1.90. The third-order valence-corrected chi connectivity index (χ3v) is 3.35. The molecule has 1 amide bonds. The fourth-order valence-electron chi connectivity index (χ4n) is 2.23. The van der Waals surface area contributed by atoms with E-state index in [1.807, 2.05) is 38.1 Å². The van der Waals surface area contributed by atoms with Gasteiger partial charge in [-0.3, -0.25) is 4.79 Å². The van der Waals surface area contributed by atoms with Gasteiger partial charge in [-0.05, 0) is 49.2 Å². The highest BCUT2D eigenvalue weighted by Crippen LogP contribution is 2.19. The van der Waals surface area contributed by atoms with Gasteiger partial charge in [-0.25, -0.2) is 4.39 Å². The van der Waals surface area contributed by atoms with Crippen LogP contribution in [0.5, 0.6) is 11.5 Å². The molecule has 0 aliphatic carbocycles. The van der Waals surface area contributed by atoms with Gasteiger partial charge >= 0.3 is 0 Å². The SMILES string of the molecule is COc1cccc(CC(=O)NCc2ccc(OC(C)C)c(F)c2)c1. The minimum Gasteiger partial charge on any atom is -0.497 e. The van der Waals surface area contributed by atoms with Crippen molar-refractivity contribution in [3.8, 4) is 11.5 Å². The molecule has 0 saturated heterocycles. The molecule has 2 aromatic carbocycles. The van der Waals surface area contributed by atoms with Gasteiger partial charge in [0, 0.05) is 6.54 Å². The fraction of sp³-hybridized carbons (Fsp3) is 0.316. The van der Waals surface area contributed by atoms with E-state index in [9.17, 15) is 9.18 Å². The van der Waals surface area contributed by atoms with Gasteiger partial charge in [0.15, 0.2) is 11.6 Å². The van der Waals surface area contributed by atoms with Gasteiger partial charge in [0.25, 0.3) is 0 Å². The van der Waals surface area contributed by atoms with Crippen molar-refractivity contribution in [1.82, 2.24) is 5.32 Å². The van der Waals surface area contributed by atoms with E-state index in [-0.39, 0.29) is 30.7 Å². The summed E-state index contributed by atoms with van der Waals surface area (Å²) in [5.74, 6) is 0.369. The summed E-state index contributed by atoms with van der Waals surface area (Å²) in [4.78, 5) is 12.0. The van der Waals surface area contributed by atoms with Crippen molar-refractivity contribution in [3.05, 3.63) is 59.4 Å². The van der Waals surface area contributed by atoms with Crippen LogP contribution < -0.4 is 14.8 Å². The van der Waals surface area contributed by atoms with E-state index in [2.05, 4.69) is 5.32 Å². The monoisotopic (exact) mass is 331 g/mol. The number of rotatable bonds is 7. The Hall–Kier alpha value is -2.56. The van der Waals surface area contributed by atoms with Crippen LogP contribution in [-0.4, -0.2) is 19.1 Å². The molecule has 0 fully saturated rings. The Bertz CT molecular complexity index is 701. The van der Waals surface area contributed by atoms with Gasteiger partial charge in [0.2, 0.25) is 5.91 Å². The fourth-order valence-corrected chi connectivity index (χ4v) is 2.23. The van der Waals surface area contributed by atoms with Crippen LogP contribution in [0, 0.1) is 5.82 Å². The van der Waals surface area contributed by atoms with Gasteiger partial charge in [0.1, 0.15) is 5.75 Å². The smallest absolute Gasteiger partial charge is 0.224 e. The maximum atomic E-state index is 13.9. The Morgan fingerprint density at radius 3 is 2.62 bits per heavy atom. The lowest BCUT2D eigenvalue weighted by Gasteiger charge is -2.12. The predicted molar refractivity (Wildman–Crippen MR) is 90.7 cm³/mol. The first-order chi connectivity index (χ1) is 11.5. The summed E-state index contributed by atoms with van der Waals surface area (Å²) >= 11 is 0. The quantitative estimate of drug-likeness (QED) is 0.845. The average Bonchev–Trinajstić information content (AvgIpc) is 2.55. The first-order valence-corrected chi connectivity index (χ1v) is 7.82. The van der Waals surface area contributed by atoms with Gasteiger partial charge in [0.05, 0.1) is 19.6 Å². The maximum Gasteiger partial charge on any atom is 0.224 e. The highest BCUT2D eigenvalue weighted by atomic mass is 19.1. The standard InChI is InChI=1S/C19H22FNO3/c1-13(2)24-18-8-7-15(10-17(18)20)12-21-19(22)11-14-5-4-6-16(9-14)23-3/h4-10,13H,11-12H2,1-3H3,(H,21,22). The van der Waals surface area contributed by atoms with Crippen molar-refractivity contribution >= 4 is 5.91 Å². The van der Waals surface area contributed by atoms with Crippen LogP contribution in [0.4, 0.5) is 4.39 Å². The van der Waals surface area contributed by atoms with Crippen molar-refractivity contribution in [2.24, 2.45) is 0 Å². The highest BCUT2D eigenvalue weighted by molar-refractivity contribution is 5.78. The van der Waals surface area contributed by atoms with Crippen LogP contribution in [0.15, 0.2) is 42.5 Å². The molecule has 0 spiro atoms. The zero-order valence-electron chi connectivity index (χ0n) is 14.1. The molecular formula is C19H22FNO3. The molecule has 0 heterocycles. The third kappa shape index (κ3) is 5.26. The Morgan fingerprint density at radius 2 is 1.96 bits per heavy atom. The molecule has 128 valence electrons. The molecule has 24 heavy (non-hydrogen) atoms. The second-order valence-corrected chi connectivity index (χ2v) is 5.74. The summed E-state index contributed by atoms with van der Waals surface area (Å²) in [7, 11) is 1.58. The molecule has 0 radical (unpaired) electrons. The van der Waals surface area contributed by atoms with E-state index in [1.165, 1.54) is 6.07 Å². The lowest BCUT2D eigenvalue weighted by molar-refractivity contribution is -0.120. The summed E-state index contributed by atoms with van der Waals surface area (Å²) < 4.78 is 24.4. The number of ether oxygens (including phenoxy) is 2. The number of nitrogens with one attached hydrogen (secondary N) is 1. The molecule has 2 rings (SSSR count). The Labute approximate surface area is 141 Å². The number of carbonyl (C=O) groups is 1. The predicted octanol–water partition coefficient (Wildman–Crippen LogP) is 3.48. The van der Waals surface area contributed by atoms with Crippen LogP contribution in [0.3, 0.4) is 0 Å². The van der Waals surface area contributed by atoms with Crippen LogP contribution >= 0.6 is 0 Å². The van der Waals surface area contributed by atoms with Crippen molar-refractivity contribution in [2.45, 2.75) is 32.9 Å². The van der Waals surface area contributed by atoms with E-state index in [0.717, 1.165) is 5.56 Å². The summed E-state index contributed by atoms with van der Waals surface area (Å²) in [5.41, 5.74) is 1.54. The number of carbonyl (C=O) groups excluding carboxylic acids is 1. The van der Waals surface area contributed by atoms with Crippen LogP contribution in [0.2, 0.25) is 0 Å². The number of halogens is 1. The topological polar surface area (TPSA) is 47.6 Å². The van der Waals surface area contributed by atoms with E-state index in [0.29, 0.717) is 11.3 Å². The molecular weight excluding hydrogens is 309 g/mol. The zero-order valence-corrected chi connectivity index (χ0v) is 14.1. The minimum absolute atomic E-state index is 0.0899. The zero-order chi connectivity index (χ0) is 17.5. The highest BCUT2D eigenvalue weighted by Gasteiger charge is 2.08. The third-order valence-electron chi connectivity index (χ3n) is 3.35. The maximum absolute atomic E-state index is 13.9. The van der Waals surface area contributed by atoms with Crippen molar-refractivity contribution in [3.63, 3.8) is 0 Å². The lowest BCUT2D eigenvalue weighted by atomic mass is 10.1. The molecule has 0 saturated carbocycles. The molecule has 0 aliphatic heterocycles. The van der Waals surface area contributed by atoms with Crippen molar-refractivity contribution in [1.29, 1.82) is 0 Å². The average molecular weight is 331 g/mol. The molecule has 4 nitrogen and oxygen atoms in total. The van der Waals surface area contributed by atoms with E-state index in [1.54, 1.807) is 19.2 Å². The Morgan fingerprint density at radius 1 is 1.17 bits per heavy atom. The first-order valence-electron chi connectivity index (χ1n) is 7.82. The summed E-state index contributed by atoms with van der Waals surface area (Å²) in [6.45, 7) is 3.94. The van der Waals surface area contributed by atoms with Gasteiger partial charge in [-0.15, -0.1) is 0 Å². The molecule has 2 aromatic rings. The number of hydrogen-bond acceptors (Lipinski definition) is 3. The lowest BCUT2D eigenvalue weighted by Crippen LogP contribution is -2.24. The number of amides is 1. The largest absolute Gasteiger partial charge is 0.497 e. The van der Waals surface area contributed by atoms with Crippen LogP contribution in [0.25, 0.3) is 0 Å². The molecule has 0 unspecified atom stereocenters. The number of methoxy groups -OCH3 is 1. The Kier molecular flexibility index (Phi) is 6.18. The summed E-state index contributed by atoms with van der Waals surface area (Å²) in [5, 5.41) is 2.79. The normalized spacial score (nSPS) is 10.5. The molecule has 0 aromatic heterocycles. The second-order valence-electron chi connectivity index (χ2n) is 5.74. The minimum atomic E-state index is -0.428. The van der Waals surface area contributed by atoms with Gasteiger partial charge in [-0.2, -0.15) is 0 Å². The number of hydrogen-bond donors (Lipinski definition) is 1. The van der Waals surface area contributed by atoms with Crippen molar-refractivity contribution in [2.75, 3.05) is 7.11 Å². The van der Waals surface area contributed by atoms with E-state index in [4.69, 9.17) is 9.47 Å². The molecule has 0 bridgehead atoms.